The van der Waals surface area contributed by atoms with Crippen LogP contribution in [0.5, 0.6) is 0 Å². The molecule has 5 aromatic rings. The molecule has 0 aliphatic carbocycles. The van der Waals surface area contributed by atoms with E-state index < -0.39 is 0 Å². The molecule has 0 radical (unpaired) electrons. The van der Waals surface area contributed by atoms with E-state index in [1.165, 1.54) is 18.2 Å². The summed E-state index contributed by atoms with van der Waals surface area (Å²) in [5, 5.41) is 0.825. The Kier molecular flexibility index (Phi) is 3.90. The van der Waals surface area contributed by atoms with Gasteiger partial charge in [-0.1, -0.05) is 18.2 Å². The van der Waals surface area contributed by atoms with Gasteiger partial charge in [0.25, 0.3) is 0 Å². The third-order valence-electron chi connectivity index (χ3n) is 4.95. The molecule has 0 saturated heterocycles. The maximum atomic E-state index is 14.0. The monoisotopic (exact) mass is 374 g/mol. The standard InChI is InChI=1S/C22H16F2N4/c23-16-6-7-19-20(10-16)28(13-14-3-2-8-25-11-14)21(27-19)9-15-12-26-22-17(15)4-1-5-18(22)24/h1-8,10-12,26H,9,13H2. The fourth-order valence-electron chi connectivity index (χ4n) is 3.62. The van der Waals surface area contributed by atoms with Gasteiger partial charge < -0.3 is 9.55 Å². The number of aromatic amines is 1. The summed E-state index contributed by atoms with van der Waals surface area (Å²) >= 11 is 0. The minimum absolute atomic E-state index is 0.283. The van der Waals surface area contributed by atoms with Crippen LogP contribution in [0, 0.1) is 11.6 Å². The molecule has 3 heterocycles. The van der Waals surface area contributed by atoms with Crippen molar-refractivity contribution in [3.05, 3.63) is 95.7 Å². The van der Waals surface area contributed by atoms with Crippen molar-refractivity contribution in [2.75, 3.05) is 0 Å². The topological polar surface area (TPSA) is 46.5 Å². The van der Waals surface area contributed by atoms with Gasteiger partial charge in [0.15, 0.2) is 0 Å². The largest absolute Gasteiger partial charge is 0.359 e. The van der Waals surface area contributed by atoms with E-state index >= 15 is 0 Å². The van der Waals surface area contributed by atoms with E-state index in [9.17, 15) is 8.78 Å². The lowest BCUT2D eigenvalue weighted by Gasteiger charge is -2.09. The highest BCUT2D eigenvalue weighted by atomic mass is 19.1. The van der Waals surface area contributed by atoms with Crippen molar-refractivity contribution >= 4 is 21.9 Å². The van der Waals surface area contributed by atoms with Crippen LogP contribution in [-0.2, 0) is 13.0 Å². The third-order valence-corrected chi connectivity index (χ3v) is 4.95. The number of aromatic nitrogens is 4. The molecule has 0 amide bonds. The smallest absolute Gasteiger partial charge is 0.147 e. The first-order chi connectivity index (χ1) is 13.7. The van der Waals surface area contributed by atoms with Crippen LogP contribution in [0.25, 0.3) is 21.9 Å². The Morgan fingerprint density at radius 2 is 1.96 bits per heavy atom. The van der Waals surface area contributed by atoms with Crippen LogP contribution in [-0.4, -0.2) is 19.5 Å². The van der Waals surface area contributed by atoms with Gasteiger partial charge in [0.2, 0.25) is 0 Å². The molecule has 0 fully saturated rings. The average molecular weight is 374 g/mol. The van der Waals surface area contributed by atoms with E-state index in [1.807, 2.05) is 29.0 Å². The van der Waals surface area contributed by atoms with Crippen LogP contribution in [0.2, 0.25) is 0 Å². The molecule has 3 aromatic heterocycles. The molecule has 0 atom stereocenters. The van der Waals surface area contributed by atoms with E-state index in [-0.39, 0.29) is 11.6 Å². The number of para-hydroxylation sites is 1. The number of rotatable bonds is 4. The highest BCUT2D eigenvalue weighted by Gasteiger charge is 2.15. The zero-order valence-corrected chi connectivity index (χ0v) is 14.9. The first-order valence-corrected chi connectivity index (χ1v) is 8.97. The van der Waals surface area contributed by atoms with Crippen LogP contribution in [0.1, 0.15) is 17.0 Å². The number of halogens is 2. The molecular formula is C22H16F2N4. The van der Waals surface area contributed by atoms with Crippen molar-refractivity contribution < 1.29 is 8.78 Å². The van der Waals surface area contributed by atoms with Crippen LogP contribution in [0.3, 0.4) is 0 Å². The molecule has 28 heavy (non-hydrogen) atoms. The second kappa shape index (κ2) is 6.56. The van der Waals surface area contributed by atoms with Gasteiger partial charge in [-0.3, -0.25) is 4.98 Å². The highest BCUT2D eigenvalue weighted by molar-refractivity contribution is 5.84. The summed E-state index contributed by atoms with van der Waals surface area (Å²) in [5.74, 6) is 0.199. The van der Waals surface area contributed by atoms with Gasteiger partial charge >= 0.3 is 0 Å². The summed E-state index contributed by atoms with van der Waals surface area (Å²) in [5.41, 5.74) is 3.88. The van der Waals surface area contributed by atoms with Gasteiger partial charge in [0.1, 0.15) is 17.5 Å². The summed E-state index contributed by atoms with van der Waals surface area (Å²) in [6.45, 7) is 0.528. The SMILES string of the molecule is Fc1ccc2nc(Cc3c[nH]c4c(F)cccc34)n(Cc3cccnc3)c2c1. The number of pyridine rings is 1. The van der Waals surface area contributed by atoms with Crippen LogP contribution < -0.4 is 0 Å². The number of hydrogen-bond acceptors (Lipinski definition) is 2. The molecular weight excluding hydrogens is 358 g/mol. The van der Waals surface area contributed by atoms with Crippen molar-refractivity contribution in [2.24, 2.45) is 0 Å². The molecule has 0 spiro atoms. The molecule has 4 nitrogen and oxygen atoms in total. The minimum atomic E-state index is -0.305. The lowest BCUT2D eigenvalue weighted by atomic mass is 10.1. The third kappa shape index (κ3) is 2.83. The quantitative estimate of drug-likeness (QED) is 0.490. The highest BCUT2D eigenvalue weighted by Crippen LogP contribution is 2.26. The van der Waals surface area contributed by atoms with Crippen LogP contribution in [0.4, 0.5) is 8.78 Å². The Morgan fingerprint density at radius 3 is 2.82 bits per heavy atom. The minimum Gasteiger partial charge on any atom is -0.359 e. The Hall–Kier alpha value is -3.54. The number of nitrogens with one attached hydrogen (secondary N) is 1. The first-order valence-electron chi connectivity index (χ1n) is 8.97. The van der Waals surface area contributed by atoms with Crippen molar-refractivity contribution in [1.29, 1.82) is 0 Å². The Balaban J connectivity index is 1.63. The van der Waals surface area contributed by atoms with E-state index in [1.54, 1.807) is 24.5 Å². The molecule has 6 heteroatoms. The Bertz CT molecular complexity index is 1290. The van der Waals surface area contributed by atoms with Crippen molar-refractivity contribution in [2.45, 2.75) is 13.0 Å². The fourth-order valence-corrected chi connectivity index (χ4v) is 3.62. The molecule has 2 aromatic carbocycles. The van der Waals surface area contributed by atoms with Gasteiger partial charge in [-0.15, -0.1) is 0 Å². The molecule has 1 N–H and O–H groups in total. The normalized spacial score (nSPS) is 11.5. The van der Waals surface area contributed by atoms with Crippen molar-refractivity contribution in [1.82, 2.24) is 19.5 Å². The van der Waals surface area contributed by atoms with E-state index in [0.717, 1.165) is 33.4 Å². The molecule has 0 bridgehead atoms. The van der Waals surface area contributed by atoms with E-state index in [0.29, 0.717) is 18.5 Å². The molecule has 0 saturated carbocycles. The summed E-state index contributed by atoms with van der Waals surface area (Å²) in [6.07, 6.45) is 5.81. The van der Waals surface area contributed by atoms with Gasteiger partial charge in [0, 0.05) is 30.4 Å². The summed E-state index contributed by atoms with van der Waals surface area (Å²) < 4.78 is 29.9. The average Bonchev–Trinajstić information content (AvgIpc) is 3.26. The summed E-state index contributed by atoms with van der Waals surface area (Å²) in [7, 11) is 0. The summed E-state index contributed by atoms with van der Waals surface area (Å²) in [6, 6.07) is 13.5. The number of fused-ring (bicyclic) bond motifs is 2. The van der Waals surface area contributed by atoms with Crippen molar-refractivity contribution in [3.8, 4) is 0 Å². The molecule has 0 aliphatic heterocycles. The van der Waals surface area contributed by atoms with Gasteiger partial charge in [0.05, 0.1) is 23.1 Å². The summed E-state index contributed by atoms with van der Waals surface area (Å²) in [4.78, 5) is 11.9. The second-order valence-corrected chi connectivity index (χ2v) is 6.76. The lowest BCUT2D eigenvalue weighted by molar-refractivity contribution is 0.628. The number of nitrogens with zero attached hydrogens (tertiary/aromatic N) is 3. The number of benzene rings is 2. The van der Waals surface area contributed by atoms with Crippen LogP contribution in [0.15, 0.2) is 67.1 Å². The number of hydrogen-bond donors (Lipinski definition) is 1. The Labute approximate surface area is 159 Å². The molecule has 138 valence electrons. The predicted molar refractivity (Wildman–Crippen MR) is 104 cm³/mol. The maximum Gasteiger partial charge on any atom is 0.147 e. The predicted octanol–water partition coefficient (Wildman–Crippen LogP) is 4.83. The fraction of sp³-hybridized carbons (Fsp3) is 0.0909. The second-order valence-electron chi connectivity index (χ2n) is 6.76. The molecule has 5 rings (SSSR count). The number of imidazole rings is 1. The van der Waals surface area contributed by atoms with Crippen LogP contribution >= 0.6 is 0 Å². The van der Waals surface area contributed by atoms with Crippen molar-refractivity contribution in [3.63, 3.8) is 0 Å². The number of H-pyrrole nitrogens is 1. The first kappa shape index (κ1) is 16.6. The molecule has 0 unspecified atom stereocenters. The zero-order valence-electron chi connectivity index (χ0n) is 14.9. The van der Waals surface area contributed by atoms with E-state index in [4.69, 9.17) is 4.98 Å². The van der Waals surface area contributed by atoms with E-state index in [2.05, 4.69) is 9.97 Å². The molecule has 0 aliphatic rings. The maximum absolute atomic E-state index is 14.0. The van der Waals surface area contributed by atoms with Gasteiger partial charge in [-0.05, 0) is 41.5 Å². The van der Waals surface area contributed by atoms with Gasteiger partial charge in [-0.25, -0.2) is 13.8 Å². The Morgan fingerprint density at radius 1 is 1.04 bits per heavy atom. The zero-order chi connectivity index (χ0) is 19.1. The lowest BCUT2D eigenvalue weighted by Crippen LogP contribution is -2.06. The van der Waals surface area contributed by atoms with Gasteiger partial charge in [-0.2, -0.15) is 0 Å².